The molecule has 0 radical (unpaired) electrons. The van der Waals surface area contributed by atoms with Gasteiger partial charge in [0.15, 0.2) is 0 Å². The first-order valence-electron chi connectivity index (χ1n) is 10.3. The first-order valence-corrected chi connectivity index (χ1v) is 11.0. The van der Waals surface area contributed by atoms with Gasteiger partial charge in [-0.25, -0.2) is 0 Å². The van der Waals surface area contributed by atoms with Crippen LogP contribution in [0.1, 0.15) is 32.1 Å². The van der Waals surface area contributed by atoms with Crippen molar-refractivity contribution in [3.05, 3.63) is 40.4 Å². The van der Waals surface area contributed by atoms with Crippen LogP contribution >= 0.6 is 23.2 Å². The minimum atomic E-state index is -0.161. The van der Waals surface area contributed by atoms with Crippen LogP contribution in [0.4, 0.5) is 5.69 Å². The Balaban J connectivity index is 1.22. The van der Waals surface area contributed by atoms with Gasteiger partial charge in [-0.15, -0.1) is 0 Å². The summed E-state index contributed by atoms with van der Waals surface area (Å²) in [6.45, 7) is 0. The second-order valence-electron chi connectivity index (χ2n) is 8.64. The molecule has 29 heavy (non-hydrogen) atoms. The zero-order valence-electron chi connectivity index (χ0n) is 15.8. The van der Waals surface area contributed by atoms with Crippen LogP contribution in [0.15, 0.2) is 30.4 Å². The number of imide groups is 1. The lowest BCUT2D eigenvalue weighted by molar-refractivity contribution is -0.144. The molecule has 5 nitrogen and oxygen atoms in total. The monoisotopic (exact) mass is 432 g/mol. The topological polar surface area (TPSA) is 66.5 Å². The van der Waals surface area contributed by atoms with Gasteiger partial charge in [-0.1, -0.05) is 41.4 Å². The van der Waals surface area contributed by atoms with E-state index in [2.05, 4.69) is 17.5 Å². The minimum Gasteiger partial charge on any atom is -0.324 e. The van der Waals surface area contributed by atoms with Crippen molar-refractivity contribution in [1.82, 2.24) is 4.90 Å². The van der Waals surface area contributed by atoms with Gasteiger partial charge in [-0.3, -0.25) is 19.3 Å². The van der Waals surface area contributed by atoms with E-state index in [0.29, 0.717) is 41.4 Å². The van der Waals surface area contributed by atoms with E-state index in [9.17, 15) is 14.4 Å². The molecule has 5 rings (SSSR count). The number of hydrogen-bond donors (Lipinski definition) is 1. The second-order valence-corrected chi connectivity index (χ2v) is 9.43. The van der Waals surface area contributed by atoms with Gasteiger partial charge in [0, 0.05) is 12.0 Å². The fourth-order valence-electron chi connectivity index (χ4n) is 5.72. The highest BCUT2D eigenvalue weighted by Crippen LogP contribution is 2.53. The summed E-state index contributed by atoms with van der Waals surface area (Å²) in [5.41, 5.74) is 0.506. The van der Waals surface area contributed by atoms with Crippen LogP contribution in [0.5, 0.6) is 0 Å². The largest absolute Gasteiger partial charge is 0.324 e. The molecule has 152 valence electrons. The average Bonchev–Trinajstić information content (AvgIpc) is 3.39. The van der Waals surface area contributed by atoms with Crippen LogP contribution in [0.3, 0.4) is 0 Å². The molecule has 0 spiro atoms. The first-order chi connectivity index (χ1) is 14.0. The number of allylic oxidation sites excluding steroid dienone is 2. The predicted molar refractivity (Wildman–Crippen MR) is 110 cm³/mol. The molecule has 3 aliphatic carbocycles. The van der Waals surface area contributed by atoms with E-state index in [4.69, 9.17) is 23.2 Å². The van der Waals surface area contributed by atoms with Gasteiger partial charge in [-0.2, -0.15) is 0 Å². The Hall–Kier alpha value is -1.85. The molecular formula is C22H22Cl2N2O3. The molecule has 1 N–H and O–H groups in total. The number of halogens is 2. The van der Waals surface area contributed by atoms with Crippen molar-refractivity contribution in [3.63, 3.8) is 0 Å². The van der Waals surface area contributed by atoms with Gasteiger partial charge in [0.05, 0.1) is 27.6 Å². The van der Waals surface area contributed by atoms with Crippen LogP contribution in [0.2, 0.25) is 10.0 Å². The van der Waals surface area contributed by atoms with E-state index in [1.165, 1.54) is 0 Å². The number of amides is 3. The smallest absolute Gasteiger partial charge is 0.233 e. The summed E-state index contributed by atoms with van der Waals surface area (Å²) in [7, 11) is 0. The molecule has 1 aliphatic heterocycles. The minimum absolute atomic E-state index is 0.00969. The number of benzene rings is 1. The van der Waals surface area contributed by atoms with E-state index in [-0.39, 0.29) is 53.4 Å². The zero-order valence-corrected chi connectivity index (χ0v) is 17.3. The molecule has 0 unspecified atom stereocenters. The van der Waals surface area contributed by atoms with Crippen LogP contribution < -0.4 is 5.32 Å². The Kier molecular flexibility index (Phi) is 4.71. The molecule has 3 fully saturated rings. The number of anilines is 1. The summed E-state index contributed by atoms with van der Waals surface area (Å²) >= 11 is 12.2. The molecule has 2 saturated carbocycles. The molecular weight excluding hydrogens is 411 g/mol. The number of likely N-dealkylation sites (tertiary alicyclic amines) is 1. The van der Waals surface area contributed by atoms with Gasteiger partial charge in [0.25, 0.3) is 0 Å². The van der Waals surface area contributed by atoms with Crippen LogP contribution in [0, 0.1) is 29.6 Å². The van der Waals surface area contributed by atoms with E-state index < -0.39 is 0 Å². The lowest BCUT2D eigenvalue weighted by atomic mass is 9.84. The van der Waals surface area contributed by atoms with Crippen molar-refractivity contribution in [3.8, 4) is 0 Å². The lowest BCUT2D eigenvalue weighted by Gasteiger charge is -2.33. The van der Waals surface area contributed by atoms with Crippen LogP contribution in [-0.2, 0) is 14.4 Å². The molecule has 1 aromatic rings. The number of fused-ring (bicyclic) bond motifs is 5. The fraction of sp³-hybridized carbons (Fsp3) is 0.500. The number of hydrogen-bond acceptors (Lipinski definition) is 3. The molecule has 2 bridgehead atoms. The molecule has 7 heteroatoms. The SMILES string of the molecule is O=C(Nc1cccc(Cl)c1Cl)C1CCC(N2C(=O)[C@H]3[C@H](C2=O)[C@H]2C=C[C@H]3C2)CC1. The van der Waals surface area contributed by atoms with E-state index in [0.717, 1.165) is 6.42 Å². The number of carbonyl (C=O) groups is 3. The molecule has 4 aliphatic rings. The van der Waals surface area contributed by atoms with Crippen molar-refractivity contribution in [2.24, 2.45) is 29.6 Å². The van der Waals surface area contributed by atoms with Gasteiger partial charge in [0.2, 0.25) is 17.7 Å². The third kappa shape index (κ3) is 3.01. The summed E-state index contributed by atoms with van der Waals surface area (Å²) in [6, 6.07) is 5.05. The quantitative estimate of drug-likeness (QED) is 0.571. The Labute approximate surface area is 179 Å². The average molecular weight is 433 g/mol. The number of carbonyl (C=O) groups excluding carboxylic acids is 3. The van der Waals surface area contributed by atoms with Crippen molar-refractivity contribution in [2.75, 3.05) is 5.32 Å². The van der Waals surface area contributed by atoms with E-state index in [1.807, 2.05) is 0 Å². The molecule has 1 heterocycles. The second kappa shape index (κ2) is 7.13. The fourth-order valence-corrected chi connectivity index (χ4v) is 6.06. The van der Waals surface area contributed by atoms with Gasteiger partial charge >= 0.3 is 0 Å². The standard InChI is InChI=1S/C22H22Cl2N2O3/c23-15-2-1-3-16(19(15)24)25-20(27)11-6-8-14(9-7-11)26-21(28)17-12-4-5-13(10-12)18(17)22(26)29/h1-5,11-14,17-18H,6-10H2,(H,25,27)/t11?,12-,13-,14?,17+,18+/m0/s1. The van der Waals surface area contributed by atoms with Gasteiger partial charge in [0.1, 0.15) is 0 Å². The zero-order chi connectivity index (χ0) is 20.3. The third-order valence-electron chi connectivity index (χ3n) is 7.15. The third-order valence-corrected chi connectivity index (χ3v) is 7.97. The van der Waals surface area contributed by atoms with Crippen molar-refractivity contribution < 1.29 is 14.4 Å². The van der Waals surface area contributed by atoms with Crippen molar-refractivity contribution >= 4 is 46.6 Å². The Bertz CT molecular complexity index is 893. The van der Waals surface area contributed by atoms with Crippen molar-refractivity contribution in [1.29, 1.82) is 0 Å². The highest BCUT2D eigenvalue weighted by atomic mass is 35.5. The molecule has 4 atom stereocenters. The van der Waals surface area contributed by atoms with Gasteiger partial charge in [-0.05, 0) is 56.1 Å². The first kappa shape index (κ1) is 19.1. The Morgan fingerprint density at radius 2 is 1.59 bits per heavy atom. The lowest BCUT2D eigenvalue weighted by Crippen LogP contribution is -2.44. The molecule has 3 amide bonds. The normalized spacial score (nSPS) is 35.3. The highest BCUT2D eigenvalue weighted by molar-refractivity contribution is 6.44. The summed E-state index contributed by atoms with van der Waals surface area (Å²) in [4.78, 5) is 40.2. The molecule has 0 aromatic heterocycles. The number of nitrogens with one attached hydrogen (secondary N) is 1. The van der Waals surface area contributed by atoms with E-state index in [1.54, 1.807) is 23.1 Å². The predicted octanol–water partition coefficient (Wildman–Crippen LogP) is 4.30. The number of rotatable bonds is 3. The van der Waals surface area contributed by atoms with Crippen molar-refractivity contribution in [2.45, 2.75) is 38.1 Å². The van der Waals surface area contributed by atoms with Crippen LogP contribution in [0.25, 0.3) is 0 Å². The molecule has 1 saturated heterocycles. The maximum atomic E-state index is 13.0. The summed E-state index contributed by atoms with van der Waals surface area (Å²) in [5.74, 6) is -0.0674. The summed E-state index contributed by atoms with van der Waals surface area (Å²) in [5, 5.41) is 3.59. The van der Waals surface area contributed by atoms with E-state index >= 15 is 0 Å². The number of nitrogens with zero attached hydrogens (tertiary/aromatic N) is 1. The summed E-state index contributed by atoms with van der Waals surface area (Å²) < 4.78 is 0. The van der Waals surface area contributed by atoms with Crippen LogP contribution in [-0.4, -0.2) is 28.7 Å². The Morgan fingerprint density at radius 1 is 0.966 bits per heavy atom. The Morgan fingerprint density at radius 3 is 2.21 bits per heavy atom. The van der Waals surface area contributed by atoms with Gasteiger partial charge < -0.3 is 5.32 Å². The highest BCUT2D eigenvalue weighted by Gasteiger charge is 2.60. The summed E-state index contributed by atoms with van der Waals surface area (Å²) in [6.07, 6.45) is 7.80. The maximum Gasteiger partial charge on any atom is 0.233 e. The maximum absolute atomic E-state index is 13.0. The molecule has 1 aromatic carbocycles.